The van der Waals surface area contributed by atoms with Crippen LogP contribution in [0.5, 0.6) is 17.2 Å². The molecule has 2 rings (SSSR count). The summed E-state index contributed by atoms with van der Waals surface area (Å²) in [6.07, 6.45) is 1.62. The van der Waals surface area contributed by atoms with Gasteiger partial charge in [0.15, 0.2) is 11.5 Å². The Bertz CT molecular complexity index is 560. The summed E-state index contributed by atoms with van der Waals surface area (Å²) in [6.45, 7) is 3.49. The normalized spacial score (nSPS) is 19.9. The monoisotopic (exact) mass is 323 g/mol. The molecule has 1 heterocycles. The van der Waals surface area contributed by atoms with Crippen LogP contribution in [-0.4, -0.2) is 50.4 Å². The topological polar surface area (TPSA) is 68.2 Å². The molecule has 0 aromatic heterocycles. The Kier molecular flexibility index (Phi) is 5.71. The molecule has 2 unspecified atom stereocenters. The number of piperidine rings is 1. The lowest BCUT2D eigenvalue weighted by Crippen LogP contribution is -2.40. The highest BCUT2D eigenvalue weighted by Gasteiger charge is 2.30. The molecule has 0 bridgehead atoms. The zero-order valence-corrected chi connectivity index (χ0v) is 14.2. The molecule has 1 aromatic carbocycles. The molecule has 2 atom stereocenters. The highest BCUT2D eigenvalue weighted by atomic mass is 16.5. The van der Waals surface area contributed by atoms with Gasteiger partial charge in [-0.3, -0.25) is 9.69 Å². The summed E-state index contributed by atoms with van der Waals surface area (Å²) in [7, 11) is 4.77. The maximum atomic E-state index is 11.3. The van der Waals surface area contributed by atoms with E-state index in [1.807, 2.05) is 12.1 Å². The Hall–Kier alpha value is -1.95. The summed E-state index contributed by atoms with van der Waals surface area (Å²) in [4.78, 5) is 13.5. The van der Waals surface area contributed by atoms with Crippen LogP contribution in [0.1, 0.15) is 31.4 Å². The largest absolute Gasteiger partial charge is 0.493 e. The van der Waals surface area contributed by atoms with Gasteiger partial charge in [-0.2, -0.15) is 0 Å². The number of likely N-dealkylation sites (tertiary alicyclic amines) is 1. The molecule has 1 saturated heterocycles. The summed E-state index contributed by atoms with van der Waals surface area (Å²) in [6, 6.07) is 3.84. The number of hydrogen-bond donors (Lipinski definition) is 1. The maximum Gasteiger partial charge on any atom is 0.307 e. The number of methoxy groups -OCH3 is 3. The van der Waals surface area contributed by atoms with Crippen molar-refractivity contribution in [3.63, 3.8) is 0 Å². The number of carboxylic acid groups (broad SMARTS) is 1. The predicted molar refractivity (Wildman–Crippen MR) is 86.4 cm³/mol. The van der Waals surface area contributed by atoms with E-state index in [2.05, 4.69) is 11.8 Å². The molecular weight excluding hydrogens is 298 g/mol. The fourth-order valence-corrected chi connectivity index (χ4v) is 3.21. The van der Waals surface area contributed by atoms with E-state index in [9.17, 15) is 9.90 Å². The number of rotatable bonds is 6. The van der Waals surface area contributed by atoms with E-state index in [1.165, 1.54) is 0 Å². The smallest absolute Gasteiger partial charge is 0.307 e. The van der Waals surface area contributed by atoms with Gasteiger partial charge in [0.2, 0.25) is 5.75 Å². The summed E-state index contributed by atoms with van der Waals surface area (Å²) < 4.78 is 16.3. The van der Waals surface area contributed by atoms with Crippen molar-refractivity contribution in [1.82, 2.24) is 4.90 Å². The standard InChI is InChI=1S/C17H25NO5/c1-11(18-9-5-6-12(10-18)17(19)20)13-7-8-14(21-2)16(23-4)15(13)22-3/h7-8,11-12H,5-6,9-10H2,1-4H3,(H,19,20). The van der Waals surface area contributed by atoms with Crippen molar-refractivity contribution in [3.05, 3.63) is 17.7 Å². The van der Waals surface area contributed by atoms with Crippen LogP contribution in [0.15, 0.2) is 12.1 Å². The lowest BCUT2D eigenvalue weighted by molar-refractivity contribution is -0.143. The summed E-state index contributed by atoms with van der Waals surface area (Å²) in [5.41, 5.74) is 0.969. The summed E-state index contributed by atoms with van der Waals surface area (Å²) in [5, 5.41) is 9.27. The molecule has 0 radical (unpaired) electrons. The van der Waals surface area contributed by atoms with Gasteiger partial charge in [-0.15, -0.1) is 0 Å². The van der Waals surface area contributed by atoms with Gasteiger partial charge in [0.25, 0.3) is 0 Å². The molecule has 1 N–H and O–H groups in total. The molecule has 1 aliphatic rings. The predicted octanol–water partition coefficient (Wildman–Crippen LogP) is 2.57. The van der Waals surface area contributed by atoms with E-state index in [0.717, 1.165) is 24.9 Å². The Morgan fingerprint density at radius 1 is 1.22 bits per heavy atom. The molecule has 0 spiro atoms. The van der Waals surface area contributed by atoms with E-state index in [-0.39, 0.29) is 12.0 Å². The number of carboxylic acids is 1. The van der Waals surface area contributed by atoms with Crippen molar-refractivity contribution in [3.8, 4) is 17.2 Å². The van der Waals surface area contributed by atoms with E-state index < -0.39 is 5.97 Å². The first-order valence-electron chi connectivity index (χ1n) is 7.79. The average Bonchev–Trinajstić information content (AvgIpc) is 2.59. The van der Waals surface area contributed by atoms with Gasteiger partial charge in [0, 0.05) is 18.2 Å². The second-order valence-electron chi connectivity index (χ2n) is 5.77. The lowest BCUT2D eigenvalue weighted by Gasteiger charge is -2.36. The number of benzene rings is 1. The van der Waals surface area contributed by atoms with Crippen molar-refractivity contribution in [2.75, 3.05) is 34.4 Å². The minimum atomic E-state index is -0.721. The van der Waals surface area contributed by atoms with E-state index in [4.69, 9.17) is 14.2 Å². The molecule has 6 heteroatoms. The molecule has 6 nitrogen and oxygen atoms in total. The summed E-state index contributed by atoms with van der Waals surface area (Å²) >= 11 is 0. The third-order valence-corrected chi connectivity index (χ3v) is 4.53. The van der Waals surface area contributed by atoms with Gasteiger partial charge < -0.3 is 19.3 Å². The van der Waals surface area contributed by atoms with Crippen molar-refractivity contribution in [2.24, 2.45) is 5.92 Å². The number of aliphatic carboxylic acids is 1. The maximum absolute atomic E-state index is 11.3. The van der Waals surface area contributed by atoms with Gasteiger partial charge >= 0.3 is 5.97 Å². The first kappa shape index (κ1) is 17.4. The Morgan fingerprint density at radius 2 is 1.91 bits per heavy atom. The first-order valence-corrected chi connectivity index (χ1v) is 7.79. The SMILES string of the molecule is COc1ccc(C(C)N2CCCC(C(=O)O)C2)c(OC)c1OC. The van der Waals surface area contributed by atoms with Crippen LogP contribution in [0.2, 0.25) is 0 Å². The molecule has 1 aliphatic heterocycles. The number of hydrogen-bond acceptors (Lipinski definition) is 5. The van der Waals surface area contributed by atoms with Crippen LogP contribution in [0.3, 0.4) is 0 Å². The fourth-order valence-electron chi connectivity index (χ4n) is 3.21. The quantitative estimate of drug-likeness (QED) is 0.868. The van der Waals surface area contributed by atoms with E-state index in [0.29, 0.717) is 23.8 Å². The molecule has 0 amide bonds. The van der Waals surface area contributed by atoms with Crippen molar-refractivity contribution in [2.45, 2.75) is 25.8 Å². The average molecular weight is 323 g/mol. The van der Waals surface area contributed by atoms with Crippen LogP contribution < -0.4 is 14.2 Å². The second-order valence-corrected chi connectivity index (χ2v) is 5.77. The molecule has 128 valence electrons. The van der Waals surface area contributed by atoms with Crippen molar-refractivity contribution >= 4 is 5.97 Å². The van der Waals surface area contributed by atoms with Gasteiger partial charge in [0.05, 0.1) is 27.2 Å². The van der Waals surface area contributed by atoms with E-state index in [1.54, 1.807) is 21.3 Å². The van der Waals surface area contributed by atoms with Gasteiger partial charge in [-0.1, -0.05) is 0 Å². The Morgan fingerprint density at radius 3 is 2.48 bits per heavy atom. The molecule has 0 saturated carbocycles. The Labute approximate surface area is 136 Å². The minimum Gasteiger partial charge on any atom is -0.493 e. The molecular formula is C17H25NO5. The fraction of sp³-hybridized carbons (Fsp3) is 0.588. The summed E-state index contributed by atoms with van der Waals surface area (Å²) in [5.74, 6) is 0.781. The van der Waals surface area contributed by atoms with Crippen molar-refractivity contribution in [1.29, 1.82) is 0 Å². The first-order chi connectivity index (χ1) is 11.0. The Balaban J connectivity index is 2.31. The lowest BCUT2D eigenvalue weighted by atomic mass is 9.95. The van der Waals surface area contributed by atoms with Gasteiger partial charge in [-0.05, 0) is 38.4 Å². The zero-order valence-electron chi connectivity index (χ0n) is 14.2. The van der Waals surface area contributed by atoms with Crippen LogP contribution in [0.25, 0.3) is 0 Å². The van der Waals surface area contributed by atoms with Gasteiger partial charge in [-0.25, -0.2) is 0 Å². The van der Waals surface area contributed by atoms with Gasteiger partial charge in [0.1, 0.15) is 0 Å². The van der Waals surface area contributed by atoms with Crippen LogP contribution in [0, 0.1) is 5.92 Å². The van der Waals surface area contributed by atoms with Crippen LogP contribution >= 0.6 is 0 Å². The highest BCUT2D eigenvalue weighted by molar-refractivity contribution is 5.70. The molecule has 23 heavy (non-hydrogen) atoms. The zero-order chi connectivity index (χ0) is 17.0. The number of ether oxygens (including phenoxy) is 3. The molecule has 0 aliphatic carbocycles. The third-order valence-electron chi connectivity index (χ3n) is 4.53. The number of nitrogens with zero attached hydrogens (tertiary/aromatic N) is 1. The third kappa shape index (κ3) is 3.52. The number of carbonyl (C=O) groups is 1. The molecule has 1 aromatic rings. The molecule has 1 fully saturated rings. The van der Waals surface area contributed by atoms with Crippen LogP contribution in [-0.2, 0) is 4.79 Å². The second kappa shape index (κ2) is 7.55. The van der Waals surface area contributed by atoms with E-state index >= 15 is 0 Å². The highest BCUT2D eigenvalue weighted by Crippen LogP contribution is 2.43. The van der Waals surface area contributed by atoms with Crippen LogP contribution in [0.4, 0.5) is 0 Å². The van der Waals surface area contributed by atoms with Crippen molar-refractivity contribution < 1.29 is 24.1 Å². The minimum absolute atomic E-state index is 0.0342.